The second-order valence-corrected chi connectivity index (χ2v) is 8.35. The van der Waals surface area contributed by atoms with Gasteiger partial charge in [-0.05, 0) is 48.2 Å². The van der Waals surface area contributed by atoms with Crippen LogP contribution in [0.1, 0.15) is 50.3 Å². The topological polar surface area (TPSA) is 110 Å². The number of benzene rings is 2. The van der Waals surface area contributed by atoms with Crippen LogP contribution in [0.25, 0.3) is 11.1 Å². The average molecular weight is 478 g/mol. The second-order valence-electron chi connectivity index (χ2n) is 8.35. The summed E-state index contributed by atoms with van der Waals surface area (Å²) in [6.07, 6.45) is 4.41. The summed E-state index contributed by atoms with van der Waals surface area (Å²) in [4.78, 5) is 24.7. The van der Waals surface area contributed by atoms with E-state index in [0.717, 1.165) is 22.3 Å². The molecule has 0 spiro atoms. The van der Waals surface area contributed by atoms with Gasteiger partial charge in [0, 0.05) is 26.3 Å². The average Bonchev–Trinajstić information content (AvgIpc) is 3.38. The van der Waals surface area contributed by atoms with Gasteiger partial charge in [0.2, 0.25) is 11.8 Å². The van der Waals surface area contributed by atoms with Crippen molar-refractivity contribution in [3.05, 3.63) is 86.6 Å². The molecule has 2 aromatic heterocycles. The second kappa shape index (κ2) is 9.61. The van der Waals surface area contributed by atoms with E-state index in [1.54, 1.807) is 20.0 Å². The Morgan fingerprint density at radius 3 is 2.43 bits per heavy atom. The highest BCUT2D eigenvalue weighted by Crippen LogP contribution is 2.35. The maximum Gasteiger partial charge on any atom is 0.419 e. The van der Waals surface area contributed by atoms with Crippen LogP contribution in [0.4, 0.5) is 0 Å². The maximum absolute atomic E-state index is 12.5. The summed E-state index contributed by atoms with van der Waals surface area (Å²) in [6.45, 7) is 5.52. The van der Waals surface area contributed by atoms with Crippen molar-refractivity contribution in [1.29, 1.82) is 0 Å². The molecule has 2 aromatic carbocycles. The molecule has 0 radical (unpaired) electrons. The molecule has 2 heterocycles. The fourth-order valence-corrected chi connectivity index (χ4v) is 4.25. The van der Waals surface area contributed by atoms with Gasteiger partial charge in [-0.25, -0.2) is 9.59 Å². The third-order valence-electron chi connectivity index (χ3n) is 5.92. The van der Waals surface area contributed by atoms with E-state index in [-0.39, 0.29) is 5.92 Å². The van der Waals surface area contributed by atoms with E-state index < -0.39 is 11.7 Å². The van der Waals surface area contributed by atoms with Gasteiger partial charge in [-0.3, -0.25) is 4.57 Å². The number of hydrogen-bond donors (Lipinski definition) is 0. The first-order valence-electron chi connectivity index (χ1n) is 11.1. The van der Waals surface area contributed by atoms with Crippen LogP contribution in [-0.2, 0) is 18.2 Å². The molecule has 0 saturated heterocycles. The van der Waals surface area contributed by atoms with E-state index >= 15 is 0 Å². The summed E-state index contributed by atoms with van der Waals surface area (Å²) < 4.78 is 22.8. The Kier molecular flexibility index (Phi) is 6.59. The van der Waals surface area contributed by atoms with Crippen LogP contribution in [-0.4, -0.2) is 35.0 Å². The quantitative estimate of drug-likeness (QED) is 0.288. The Hall–Kier alpha value is -4.14. The SMILES string of the molecule is COC(=O)c1cc(C(C=CCc2nnc(C)o2)c2cc(C)c3oc(=O)n(C)c3c2)cc(C)c1OC. The molecule has 0 aliphatic rings. The van der Waals surface area contributed by atoms with Crippen molar-refractivity contribution in [2.75, 3.05) is 14.2 Å². The smallest absolute Gasteiger partial charge is 0.419 e. The number of ether oxygens (including phenoxy) is 2. The van der Waals surface area contributed by atoms with Gasteiger partial charge in [0.15, 0.2) is 5.58 Å². The van der Waals surface area contributed by atoms with Gasteiger partial charge < -0.3 is 18.3 Å². The zero-order valence-corrected chi connectivity index (χ0v) is 20.5. The molecule has 4 rings (SSSR count). The van der Waals surface area contributed by atoms with Crippen LogP contribution in [0.5, 0.6) is 5.75 Å². The number of methoxy groups -OCH3 is 2. The van der Waals surface area contributed by atoms with Crippen LogP contribution < -0.4 is 10.5 Å². The number of allylic oxidation sites excluding steroid dienone is 2. The molecule has 4 aromatic rings. The minimum absolute atomic E-state index is 0.264. The normalized spacial score (nSPS) is 12.4. The summed E-state index contributed by atoms with van der Waals surface area (Å²) in [5.41, 5.74) is 4.98. The summed E-state index contributed by atoms with van der Waals surface area (Å²) in [5.74, 6) is 0.295. The third kappa shape index (κ3) is 4.62. The Bertz CT molecular complexity index is 1490. The number of hydrogen-bond acceptors (Lipinski definition) is 8. The predicted molar refractivity (Wildman–Crippen MR) is 129 cm³/mol. The molecule has 9 nitrogen and oxygen atoms in total. The zero-order chi connectivity index (χ0) is 25.3. The highest BCUT2D eigenvalue weighted by Gasteiger charge is 2.22. The largest absolute Gasteiger partial charge is 0.496 e. The number of rotatable bonds is 7. The number of fused-ring (bicyclic) bond motifs is 1. The molecule has 0 aliphatic carbocycles. The summed E-state index contributed by atoms with van der Waals surface area (Å²) in [6, 6.07) is 7.66. The lowest BCUT2D eigenvalue weighted by atomic mass is 9.87. The monoisotopic (exact) mass is 477 g/mol. The molecule has 0 bridgehead atoms. The molecule has 0 N–H and O–H groups in total. The summed E-state index contributed by atoms with van der Waals surface area (Å²) in [7, 11) is 4.53. The van der Waals surface area contributed by atoms with E-state index in [2.05, 4.69) is 10.2 Å². The van der Waals surface area contributed by atoms with Crippen LogP contribution in [0.15, 0.2) is 50.0 Å². The van der Waals surface area contributed by atoms with E-state index in [9.17, 15) is 9.59 Å². The van der Waals surface area contributed by atoms with Gasteiger partial charge in [-0.2, -0.15) is 0 Å². The van der Waals surface area contributed by atoms with Crippen molar-refractivity contribution in [1.82, 2.24) is 14.8 Å². The molecule has 1 atom stereocenters. The number of aryl methyl sites for hydroxylation is 4. The molecule has 9 heteroatoms. The molecule has 0 amide bonds. The molecular weight excluding hydrogens is 450 g/mol. The van der Waals surface area contributed by atoms with Crippen molar-refractivity contribution >= 4 is 17.1 Å². The first-order chi connectivity index (χ1) is 16.7. The maximum atomic E-state index is 12.5. The lowest BCUT2D eigenvalue weighted by molar-refractivity contribution is 0.0596. The van der Waals surface area contributed by atoms with Crippen molar-refractivity contribution in [2.45, 2.75) is 33.1 Å². The lowest BCUT2D eigenvalue weighted by Crippen LogP contribution is -2.09. The molecular formula is C26H27N3O6. The van der Waals surface area contributed by atoms with Gasteiger partial charge in [-0.1, -0.05) is 24.3 Å². The van der Waals surface area contributed by atoms with Crippen molar-refractivity contribution in [3.8, 4) is 5.75 Å². The van der Waals surface area contributed by atoms with Crippen molar-refractivity contribution in [3.63, 3.8) is 0 Å². The van der Waals surface area contributed by atoms with Crippen LogP contribution in [0.2, 0.25) is 0 Å². The van der Waals surface area contributed by atoms with Crippen LogP contribution in [0, 0.1) is 20.8 Å². The number of nitrogens with zero attached hydrogens (tertiary/aromatic N) is 3. The molecule has 0 fully saturated rings. The predicted octanol–water partition coefficient (Wildman–Crippen LogP) is 4.17. The minimum Gasteiger partial charge on any atom is -0.496 e. The number of carbonyl (C=O) groups is 1. The zero-order valence-electron chi connectivity index (χ0n) is 20.5. The van der Waals surface area contributed by atoms with Crippen LogP contribution in [0.3, 0.4) is 0 Å². The first kappa shape index (κ1) is 24.0. The van der Waals surface area contributed by atoms with Gasteiger partial charge in [0.25, 0.3) is 0 Å². The number of oxazole rings is 1. The molecule has 0 aliphatic heterocycles. The third-order valence-corrected chi connectivity index (χ3v) is 5.92. The fraction of sp³-hybridized carbons (Fsp3) is 0.308. The fourth-order valence-electron chi connectivity index (χ4n) is 4.25. The van der Waals surface area contributed by atoms with E-state index in [1.165, 1.54) is 18.8 Å². The summed E-state index contributed by atoms with van der Waals surface area (Å²) >= 11 is 0. The van der Waals surface area contributed by atoms with E-state index in [0.29, 0.717) is 40.6 Å². The Morgan fingerprint density at radius 1 is 1.06 bits per heavy atom. The van der Waals surface area contributed by atoms with E-state index in [4.69, 9.17) is 18.3 Å². The summed E-state index contributed by atoms with van der Waals surface area (Å²) in [5, 5.41) is 7.92. The Labute approximate surface area is 202 Å². The standard InChI is InChI=1S/C26H27N3O6/c1-14-10-17(12-20(23(14)32-5)25(30)33-6)19(8-7-9-22-28-27-16(3)34-22)18-11-15(2)24-21(13-18)29(4)26(31)35-24/h7-8,10-13,19H,9H2,1-6H3. The molecule has 182 valence electrons. The van der Waals surface area contributed by atoms with Gasteiger partial charge in [-0.15, -0.1) is 10.2 Å². The highest BCUT2D eigenvalue weighted by molar-refractivity contribution is 5.93. The molecule has 1 unspecified atom stereocenters. The highest BCUT2D eigenvalue weighted by atomic mass is 16.5. The number of carbonyl (C=O) groups excluding carboxylic acids is 1. The van der Waals surface area contributed by atoms with Crippen molar-refractivity contribution in [2.24, 2.45) is 7.05 Å². The molecule has 0 saturated carbocycles. The van der Waals surface area contributed by atoms with Crippen LogP contribution >= 0.6 is 0 Å². The minimum atomic E-state index is -0.486. The Morgan fingerprint density at radius 2 is 1.77 bits per heavy atom. The number of aromatic nitrogens is 3. The number of esters is 1. The van der Waals surface area contributed by atoms with Gasteiger partial charge in [0.1, 0.15) is 11.3 Å². The van der Waals surface area contributed by atoms with Gasteiger partial charge in [0.05, 0.1) is 19.7 Å². The van der Waals surface area contributed by atoms with E-state index in [1.807, 2.05) is 44.2 Å². The van der Waals surface area contributed by atoms with Crippen molar-refractivity contribution < 1.29 is 23.1 Å². The first-order valence-corrected chi connectivity index (χ1v) is 11.1. The Balaban J connectivity index is 1.88. The van der Waals surface area contributed by atoms with Gasteiger partial charge >= 0.3 is 11.7 Å². The lowest BCUT2D eigenvalue weighted by Gasteiger charge is -2.19. The molecule has 35 heavy (non-hydrogen) atoms.